The summed E-state index contributed by atoms with van der Waals surface area (Å²) in [6.45, 7) is 2.02. The zero-order valence-corrected chi connectivity index (χ0v) is 18.0. The molecule has 1 aromatic heterocycles. The average Bonchev–Trinajstić information content (AvgIpc) is 2.69. The molecule has 0 saturated carbocycles. The third-order valence-corrected chi connectivity index (χ3v) is 5.48. The van der Waals surface area contributed by atoms with Crippen molar-refractivity contribution in [3.63, 3.8) is 0 Å². The standard InChI is InChI=1S/C23H16ClIN2O/c1-15-6-10-18(11-7-15)27-22(13-8-16-4-2-3-5-20(16)24)26-21-12-9-17(25)14-19(21)23(27)28/h2-14H,1H3. The Morgan fingerprint density at radius 1 is 1.00 bits per heavy atom. The molecule has 3 aromatic carbocycles. The summed E-state index contributed by atoms with van der Waals surface area (Å²) < 4.78 is 2.64. The molecule has 0 aliphatic carbocycles. The number of hydrogen-bond donors (Lipinski definition) is 0. The van der Waals surface area contributed by atoms with Crippen molar-refractivity contribution >= 4 is 57.2 Å². The number of aromatic nitrogens is 2. The van der Waals surface area contributed by atoms with Crippen LogP contribution in [0.1, 0.15) is 17.0 Å². The Bertz CT molecular complexity index is 1260. The summed E-state index contributed by atoms with van der Waals surface area (Å²) in [5.74, 6) is 0.558. The summed E-state index contributed by atoms with van der Waals surface area (Å²) in [7, 11) is 0. The SMILES string of the molecule is Cc1ccc(-n2c(C=Cc3ccccc3Cl)nc3ccc(I)cc3c2=O)cc1. The number of nitrogens with zero attached hydrogens (tertiary/aromatic N) is 2. The van der Waals surface area contributed by atoms with Crippen LogP contribution in [0.3, 0.4) is 0 Å². The minimum absolute atomic E-state index is 0.0915. The molecule has 0 fully saturated rings. The predicted octanol–water partition coefficient (Wildman–Crippen LogP) is 6.12. The Hall–Kier alpha value is -2.44. The van der Waals surface area contributed by atoms with Crippen molar-refractivity contribution < 1.29 is 0 Å². The van der Waals surface area contributed by atoms with Crippen LogP contribution in [0.15, 0.2) is 71.5 Å². The van der Waals surface area contributed by atoms with E-state index in [1.165, 1.54) is 0 Å². The Labute approximate surface area is 181 Å². The Morgan fingerprint density at radius 3 is 2.50 bits per heavy atom. The molecule has 3 nitrogen and oxygen atoms in total. The van der Waals surface area contributed by atoms with Crippen molar-refractivity contribution in [2.24, 2.45) is 0 Å². The topological polar surface area (TPSA) is 34.9 Å². The minimum Gasteiger partial charge on any atom is -0.268 e. The molecule has 0 radical (unpaired) electrons. The third kappa shape index (κ3) is 3.75. The van der Waals surface area contributed by atoms with Gasteiger partial charge in [-0.15, -0.1) is 0 Å². The molecule has 1 heterocycles. The first-order valence-electron chi connectivity index (χ1n) is 8.75. The van der Waals surface area contributed by atoms with Crippen molar-refractivity contribution in [1.82, 2.24) is 9.55 Å². The fourth-order valence-corrected chi connectivity index (χ4v) is 3.69. The van der Waals surface area contributed by atoms with Crippen molar-refractivity contribution in [3.8, 4) is 5.69 Å². The molecular weight excluding hydrogens is 483 g/mol. The average molecular weight is 499 g/mol. The van der Waals surface area contributed by atoms with Crippen LogP contribution < -0.4 is 5.56 Å². The van der Waals surface area contributed by atoms with Crippen molar-refractivity contribution in [2.45, 2.75) is 6.92 Å². The third-order valence-electron chi connectivity index (χ3n) is 4.47. The second-order valence-corrected chi connectivity index (χ2v) is 8.12. The summed E-state index contributed by atoms with van der Waals surface area (Å²) in [6, 6.07) is 21.1. The van der Waals surface area contributed by atoms with Crippen molar-refractivity contribution in [1.29, 1.82) is 0 Å². The van der Waals surface area contributed by atoms with Gasteiger partial charge in [0.2, 0.25) is 0 Å². The van der Waals surface area contributed by atoms with E-state index in [0.717, 1.165) is 20.4 Å². The van der Waals surface area contributed by atoms with Crippen LogP contribution in [0, 0.1) is 10.5 Å². The van der Waals surface area contributed by atoms with Crippen LogP contribution in [0.5, 0.6) is 0 Å². The summed E-state index contributed by atoms with van der Waals surface area (Å²) in [5.41, 5.74) is 3.37. The van der Waals surface area contributed by atoms with Gasteiger partial charge in [0.05, 0.1) is 16.6 Å². The molecule has 0 spiro atoms. The minimum atomic E-state index is -0.0915. The second-order valence-electron chi connectivity index (χ2n) is 6.46. The van der Waals surface area contributed by atoms with Crippen molar-refractivity contribution in [3.05, 3.63) is 103 Å². The molecule has 28 heavy (non-hydrogen) atoms. The van der Waals surface area contributed by atoms with Gasteiger partial charge in [0.15, 0.2) is 0 Å². The van der Waals surface area contributed by atoms with Gasteiger partial charge in [0.1, 0.15) is 5.82 Å². The van der Waals surface area contributed by atoms with Gasteiger partial charge in [-0.25, -0.2) is 4.98 Å². The molecular formula is C23H16ClIN2O. The van der Waals surface area contributed by atoms with Gasteiger partial charge in [-0.05, 0) is 83.6 Å². The second kappa shape index (κ2) is 7.89. The molecule has 4 rings (SSSR count). The lowest BCUT2D eigenvalue weighted by Gasteiger charge is -2.12. The lowest BCUT2D eigenvalue weighted by Crippen LogP contribution is -2.22. The zero-order chi connectivity index (χ0) is 19.7. The smallest absolute Gasteiger partial charge is 0.266 e. The van der Waals surface area contributed by atoms with E-state index >= 15 is 0 Å². The molecule has 0 amide bonds. The molecule has 0 aliphatic heterocycles. The van der Waals surface area contributed by atoms with E-state index in [1.807, 2.05) is 85.8 Å². The summed E-state index contributed by atoms with van der Waals surface area (Å²) in [6.07, 6.45) is 3.72. The summed E-state index contributed by atoms with van der Waals surface area (Å²) in [5, 5.41) is 1.25. The van der Waals surface area contributed by atoms with Gasteiger partial charge in [-0.2, -0.15) is 0 Å². The predicted molar refractivity (Wildman–Crippen MR) is 125 cm³/mol. The van der Waals surface area contributed by atoms with E-state index in [-0.39, 0.29) is 5.56 Å². The Balaban J connectivity index is 1.97. The number of rotatable bonds is 3. The lowest BCUT2D eigenvalue weighted by molar-refractivity contribution is 0.943. The molecule has 4 aromatic rings. The maximum Gasteiger partial charge on any atom is 0.266 e. The molecule has 0 saturated heterocycles. The molecule has 5 heteroatoms. The van der Waals surface area contributed by atoms with Crippen LogP contribution in [-0.2, 0) is 0 Å². The van der Waals surface area contributed by atoms with Gasteiger partial charge in [-0.3, -0.25) is 9.36 Å². The Morgan fingerprint density at radius 2 is 1.75 bits per heavy atom. The van der Waals surface area contributed by atoms with Gasteiger partial charge < -0.3 is 0 Å². The number of benzene rings is 3. The molecule has 138 valence electrons. The normalized spacial score (nSPS) is 11.4. The molecule has 0 aliphatic rings. The van der Waals surface area contributed by atoms with Crippen LogP contribution in [0.4, 0.5) is 0 Å². The lowest BCUT2D eigenvalue weighted by atomic mass is 10.2. The highest BCUT2D eigenvalue weighted by molar-refractivity contribution is 14.1. The maximum atomic E-state index is 13.3. The highest BCUT2D eigenvalue weighted by atomic mass is 127. The largest absolute Gasteiger partial charge is 0.268 e. The molecule has 0 N–H and O–H groups in total. The molecule has 0 bridgehead atoms. The fraction of sp³-hybridized carbons (Fsp3) is 0.0435. The summed E-state index contributed by atoms with van der Waals surface area (Å²) in [4.78, 5) is 18.1. The Kier molecular flexibility index (Phi) is 5.33. The first-order valence-corrected chi connectivity index (χ1v) is 10.2. The monoisotopic (exact) mass is 498 g/mol. The van der Waals surface area contributed by atoms with Crippen molar-refractivity contribution in [2.75, 3.05) is 0 Å². The van der Waals surface area contributed by atoms with E-state index in [4.69, 9.17) is 16.6 Å². The zero-order valence-electron chi connectivity index (χ0n) is 15.1. The summed E-state index contributed by atoms with van der Waals surface area (Å²) >= 11 is 8.47. The van der Waals surface area contributed by atoms with E-state index in [1.54, 1.807) is 4.57 Å². The van der Waals surface area contributed by atoms with Crippen LogP contribution in [0.2, 0.25) is 5.02 Å². The number of halogens is 2. The van der Waals surface area contributed by atoms with Crippen LogP contribution in [-0.4, -0.2) is 9.55 Å². The van der Waals surface area contributed by atoms with E-state index in [9.17, 15) is 4.79 Å². The van der Waals surface area contributed by atoms with Gasteiger partial charge in [0, 0.05) is 8.59 Å². The quantitative estimate of drug-likeness (QED) is 0.319. The molecule has 0 atom stereocenters. The van der Waals surface area contributed by atoms with Gasteiger partial charge in [0.25, 0.3) is 5.56 Å². The maximum absolute atomic E-state index is 13.3. The van der Waals surface area contributed by atoms with Gasteiger partial charge in [-0.1, -0.05) is 47.5 Å². The number of fused-ring (bicyclic) bond motifs is 1. The molecule has 0 unspecified atom stereocenters. The first-order chi connectivity index (χ1) is 13.5. The van der Waals surface area contributed by atoms with Crippen LogP contribution in [0.25, 0.3) is 28.7 Å². The van der Waals surface area contributed by atoms with E-state index in [0.29, 0.717) is 21.7 Å². The highest BCUT2D eigenvalue weighted by Crippen LogP contribution is 2.20. The van der Waals surface area contributed by atoms with Crippen LogP contribution >= 0.6 is 34.2 Å². The van der Waals surface area contributed by atoms with Gasteiger partial charge >= 0.3 is 0 Å². The first kappa shape index (κ1) is 18.9. The fourth-order valence-electron chi connectivity index (χ4n) is 3.00. The highest BCUT2D eigenvalue weighted by Gasteiger charge is 2.11. The van der Waals surface area contributed by atoms with E-state index in [2.05, 4.69) is 22.6 Å². The number of hydrogen-bond acceptors (Lipinski definition) is 2. The van der Waals surface area contributed by atoms with E-state index < -0.39 is 0 Å². The number of aryl methyl sites for hydroxylation is 1.